The van der Waals surface area contributed by atoms with E-state index in [1.165, 1.54) is 6.33 Å². The molecular weight excluding hydrogens is 300 g/mol. The lowest BCUT2D eigenvalue weighted by Gasteiger charge is -2.10. The van der Waals surface area contributed by atoms with Gasteiger partial charge < -0.3 is 15.0 Å². The van der Waals surface area contributed by atoms with Crippen molar-refractivity contribution in [1.29, 1.82) is 0 Å². The Kier molecular flexibility index (Phi) is 3.81. The number of aromatic amines is 1. The molecule has 24 heavy (non-hydrogen) atoms. The molecule has 0 amide bonds. The lowest BCUT2D eigenvalue weighted by atomic mass is 10.2. The van der Waals surface area contributed by atoms with Crippen molar-refractivity contribution in [1.82, 2.24) is 15.0 Å². The summed E-state index contributed by atoms with van der Waals surface area (Å²) in [6, 6.07) is 19.9. The second-order valence-electron chi connectivity index (χ2n) is 5.39. The molecule has 5 nitrogen and oxygen atoms in total. The third-order valence-corrected chi connectivity index (χ3v) is 3.70. The molecule has 0 aliphatic rings. The Balaban J connectivity index is 1.51. The quantitative estimate of drug-likeness (QED) is 0.577. The number of aromatic nitrogens is 3. The fourth-order valence-corrected chi connectivity index (χ4v) is 2.51. The maximum Gasteiger partial charge on any atom is 0.143 e. The van der Waals surface area contributed by atoms with Gasteiger partial charge in [0.05, 0.1) is 5.39 Å². The van der Waals surface area contributed by atoms with Gasteiger partial charge in [0.15, 0.2) is 0 Å². The van der Waals surface area contributed by atoms with Crippen LogP contribution in [0.3, 0.4) is 0 Å². The first-order chi connectivity index (χ1) is 11.9. The van der Waals surface area contributed by atoms with E-state index in [1.807, 2.05) is 66.9 Å². The number of hydrogen-bond donors (Lipinski definition) is 2. The SMILES string of the molecule is c1ccc(COc2cccc(Nc3ncnc4[nH]ccc34)c2)cc1. The normalized spacial score (nSPS) is 10.7. The Morgan fingerprint density at radius 1 is 0.958 bits per heavy atom. The third kappa shape index (κ3) is 3.05. The third-order valence-electron chi connectivity index (χ3n) is 3.70. The van der Waals surface area contributed by atoms with Crippen molar-refractivity contribution in [2.75, 3.05) is 5.32 Å². The predicted octanol–water partition coefficient (Wildman–Crippen LogP) is 4.28. The number of hydrogen-bond acceptors (Lipinski definition) is 4. The summed E-state index contributed by atoms with van der Waals surface area (Å²) in [5.41, 5.74) is 2.87. The van der Waals surface area contributed by atoms with E-state index >= 15 is 0 Å². The van der Waals surface area contributed by atoms with Gasteiger partial charge in [-0.15, -0.1) is 0 Å². The smallest absolute Gasteiger partial charge is 0.143 e. The first-order valence-electron chi connectivity index (χ1n) is 7.70. The van der Waals surface area contributed by atoms with E-state index < -0.39 is 0 Å². The fraction of sp³-hybridized carbons (Fsp3) is 0.0526. The maximum atomic E-state index is 5.86. The summed E-state index contributed by atoms with van der Waals surface area (Å²) >= 11 is 0. The number of anilines is 2. The van der Waals surface area contributed by atoms with Crippen LogP contribution in [-0.4, -0.2) is 15.0 Å². The molecule has 0 bridgehead atoms. The van der Waals surface area contributed by atoms with E-state index in [4.69, 9.17) is 4.74 Å². The van der Waals surface area contributed by atoms with Crippen LogP contribution in [0.15, 0.2) is 73.2 Å². The largest absolute Gasteiger partial charge is 0.489 e. The summed E-state index contributed by atoms with van der Waals surface area (Å²) in [7, 11) is 0. The molecular formula is C19H16N4O. The van der Waals surface area contributed by atoms with Crippen molar-refractivity contribution in [2.45, 2.75) is 6.61 Å². The molecule has 0 unspecified atom stereocenters. The van der Waals surface area contributed by atoms with Gasteiger partial charge in [-0.05, 0) is 23.8 Å². The first-order valence-corrected chi connectivity index (χ1v) is 7.70. The number of fused-ring (bicyclic) bond motifs is 1. The number of nitrogens with zero attached hydrogens (tertiary/aromatic N) is 2. The lowest BCUT2D eigenvalue weighted by Crippen LogP contribution is -1.97. The zero-order chi connectivity index (χ0) is 16.2. The van der Waals surface area contributed by atoms with Crippen LogP contribution in [0.4, 0.5) is 11.5 Å². The number of benzene rings is 2. The zero-order valence-corrected chi connectivity index (χ0v) is 12.9. The van der Waals surface area contributed by atoms with Crippen LogP contribution in [0.25, 0.3) is 11.0 Å². The van der Waals surface area contributed by atoms with E-state index in [0.29, 0.717) is 6.61 Å². The highest BCUT2D eigenvalue weighted by molar-refractivity contribution is 5.88. The molecule has 0 fully saturated rings. The minimum Gasteiger partial charge on any atom is -0.489 e. The minimum absolute atomic E-state index is 0.542. The topological polar surface area (TPSA) is 62.8 Å². The van der Waals surface area contributed by atoms with Crippen molar-refractivity contribution in [2.24, 2.45) is 0 Å². The van der Waals surface area contributed by atoms with Crippen LogP contribution in [0.1, 0.15) is 5.56 Å². The molecule has 0 spiro atoms. The molecule has 2 aromatic carbocycles. The molecule has 0 saturated heterocycles. The van der Waals surface area contributed by atoms with Crippen molar-refractivity contribution in [3.63, 3.8) is 0 Å². The van der Waals surface area contributed by atoms with Gasteiger partial charge in [0.25, 0.3) is 0 Å². The van der Waals surface area contributed by atoms with E-state index in [0.717, 1.165) is 33.9 Å². The summed E-state index contributed by atoms with van der Waals surface area (Å²) in [4.78, 5) is 11.6. The molecule has 2 aromatic heterocycles. The maximum absolute atomic E-state index is 5.86. The molecule has 0 saturated carbocycles. The molecule has 2 N–H and O–H groups in total. The van der Waals surface area contributed by atoms with Crippen molar-refractivity contribution >= 4 is 22.5 Å². The van der Waals surface area contributed by atoms with Crippen LogP contribution in [-0.2, 0) is 6.61 Å². The van der Waals surface area contributed by atoms with Crippen LogP contribution < -0.4 is 10.1 Å². The van der Waals surface area contributed by atoms with E-state index in [2.05, 4.69) is 20.3 Å². The van der Waals surface area contributed by atoms with Crippen LogP contribution in [0, 0.1) is 0 Å². The van der Waals surface area contributed by atoms with Crippen LogP contribution in [0.2, 0.25) is 0 Å². The highest BCUT2D eigenvalue weighted by Gasteiger charge is 2.05. The second-order valence-corrected chi connectivity index (χ2v) is 5.39. The Morgan fingerprint density at radius 3 is 2.79 bits per heavy atom. The molecule has 4 rings (SSSR count). The summed E-state index contributed by atoms with van der Waals surface area (Å²) in [6.07, 6.45) is 3.39. The molecule has 0 atom stereocenters. The number of ether oxygens (including phenoxy) is 1. The van der Waals surface area contributed by atoms with Crippen molar-refractivity contribution in [3.8, 4) is 5.75 Å². The zero-order valence-electron chi connectivity index (χ0n) is 12.9. The molecule has 4 aromatic rings. The second kappa shape index (κ2) is 6.42. The van der Waals surface area contributed by atoms with Gasteiger partial charge in [0.1, 0.15) is 30.1 Å². The first kappa shape index (κ1) is 14.3. The number of H-pyrrole nitrogens is 1. The Morgan fingerprint density at radius 2 is 1.88 bits per heavy atom. The van der Waals surface area contributed by atoms with Gasteiger partial charge in [-0.2, -0.15) is 0 Å². The summed E-state index contributed by atoms with van der Waals surface area (Å²) in [5, 5.41) is 4.27. The molecule has 0 aliphatic carbocycles. The lowest BCUT2D eigenvalue weighted by molar-refractivity contribution is 0.306. The molecule has 5 heteroatoms. The van der Waals surface area contributed by atoms with Gasteiger partial charge in [-0.3, -0.25) is 0 Å². The van der Waals surface area contributed by atoms with Gasteiger partial charge in [0.2, 0.25) is 0 Å². The predicted molar refractivity (Wildman–Crippen MR) is 94.4 cm³/mol. The summed E-state index contributed by atoms with van der Waals surface area (Å²) in [6.45, 7) is 0.542. The fourth-order valence-electron chi connectivity index (χ4n) is 2.51. The van der Waals surface area contributed by atoms with E-state index in [1.54, 1.807) is 0 Å². The van der Waals surface area contributed by atoms with Gasteiger partial charge >= 0.3 is 0 Å². The Hall–Kier alpha value is -3.34. The Labute approximate surface area is 139 Å². The number of rotatable bonds is 5. The highest BCUT2D eigenvalue weighted by Crippen LogP contribution is 2.25. The number of nitrogens with one attached hydrogen (secondary N) is 2. The minimum atomic E-state index is 0.542. The summed E-state index contributed by atoms with van der Waals surface area (Å²) < 4.78 is 5.86. The average molecular weight is 316 g/mol. The van der Waals surface area contributed by atoms with Gasteiger partial charge in [-0.25, -0.2) is 9.97 Å². The van der Waals surface area contributed by atoms with Gasteiger partial charge in [0, 0.05) is 18.0 Å². The van der Waals surface area contributed by atoms with E-state index in [-0.39, 0.29) is 0 Å². The monoisotopic (exact) mass is 316 g/mol. The standard InChI is InChI=1S/C19H16N4O/c1-2-5-14(6-3-1)12-24-16-8-4-7-15(11-16)23-19-17-9-10-20-18(17)21-13-22-19/h1-11,13H,12H2,(H2,20,21,22,23). The molecule has 118 valence electrons. The Bertz CT molecular complexity index is 950. The van der Waals surface area contributed by atoms with Crippen molar-refractivity contribution < 1.29 is 4.74 Å². The van der Waals surface area contributed by atoms with Crippen molar-refractivity contribution in [3.05, 3.63) is 78.8 Å². The van der Waals surface area contributed by atoms with Crippen LogP contribution in [0.5, 0.6) is 5.75 Å². The molecule has 0 aliphatic heterocycles. The van der Waals surface area contributed by atoms with E-state index in [9.17, 15) is 0 Å². The highest BCUT2D eigenvalue weighted by atomic mass is 16.5. The molecule has 2 heterocycles. The molecule has 0 radical (unpaired) electrons. The van der Waals surface area contributed by atoms with Crippen LogP contribution >= 0.6 is 0 Å². The summed E-state index contributed by atoms with van der Waals surface area (Å²) in [5.74, 6) is 1.57. The van der Waals surface area contributed by atoms with Gasteiger partial charge in [-0.1, -0.05) is 36.4 Å². The average Bonchev–Trinajstić information content (AvgIpc) is 3.11.